The number of hydrogen-bond acceptors (Lipinski definition) is 6. The number of rotatable bonds is 7. The molecule has 0 saturated carbocycles. The van der Waals surface area contributed by atoms with Crippen molar-refractivity contribution in [2.75, 3.05) is 54.1 Å². The first-order valence-electron chi connectivity index (χ1n) is 8.67. The van der Waals surface area contributed by atoms with Crippen LogP contribution in [0.3, 0.4) is 0 Å². The van der Waals surface area contributed by atoms with E-state index in [0.29, 0.717) is 18.8 Å². The van der Waals surface area contributed by atoms with Crippen LogP contribution in [-0.4, -0.2) is 83.5 Å². The average Bonchev–Trinajstić information content (AvgIpc) is 2.70. The maximum absolute atomic E-state index is 12.9. The van der Waals surface area contributed by atoms with E-state index in [4.69, 9.17) is 9.47 Å². The van der Waals surface area contributed by atoms with Crippen molar-refractivity contribution in [3.8, 4) is 5.75 Å². The van der Waals surface area contributed by atoms with Gasteiger partial charge >= 0.3 is 0 Å². The van der Waals surface area contributed by atoms with Gasteiger partial charge in [0.2, 0.25) is 21.8 Å². The standard InChI is InChI=1S/C18H25N3O6S/c1-20(2)18(23)13-19-17(22)7-5-14-4-6-15(26-3)16(12-14)28(24,25)21-8-10-27-11-9-21/h4-7,12H,8-11,13H2,1-3H3,(H,19,22)/b7-5+. The average molecular weight is 411 g/mol. The summed E-state index contributed by atoms with van der Waals surface area (Å²) < 4.78 is 37.7. The maximum Gasteiger partial charge on any atom is 0.246 e. The Bertz CT molecular complexity index is 845. The van der Waals surface area contributed by atoms with E-state index in [-0.39, 0.29) is 36.2 Å². The summed E-state index contributed by atoms with van der Waals surface area (Å²) in [7, 11) is 0.839. The van der Waals surface area contributed by atoms with Gasteiger partial charge in [-0.15, -0.1) is 0 Å². The minimum Gasteiger partial charge on any atom is -0.495 e. The number of morpholine rings is 1. The monoisotopic (exact) mass is 411 g/mol. The molecule has 0 radical (unpaired) electrons. The van der Waals surface area contributed by atoms with Crippen molar-refractivity contribution < 1.29 is 27.5 Å². The number of amides is 2. The molecule has 2 amide bonds. The lowest BCUT2D eigenvalue weighted by molar-refractivity contribution is -0.129. The van der Waals surface area contributed by atoms with E-state index in [1.54, 1.807) is 26.2 Å². The molecule has 9 nitrogen and oxygen atoms in total. The van der Waals surface area contributed by atoms with Gasteiger partial charge in [0, 0.05) is 33.3 Å². The minimum absolute atomic E-state index is 0.0299. The van der Waals surface area contributed by atoms with Crippen LogP contribution >= 0.6 is 0 Å². The highest BCUT2D eigenvalue weighted by Crippen LogP contribution is 2.28. The van der Waals surface area contributed by atoms with Crippen molar-refractivity contribution in [3.05, 3.63) is 29.8 Å². The van der Waals surface area contributed by atoms with Crippen molar-refractivity contribution in [2.24, 2.45) is 0 Å². The number of carbonyl (C=O) groups is 2. The Morgan fingerprint density at radius 1 is 1.29 bits per heavy atom. The highest BCUT2D eigenvalue weighted by molar-refractivity contribution is 7.89. The first-order valence-corrected chi connectivity index (χ1v) is 10.1. The Morgan fingerprint density at radius 3 is 2.57 bits per heavy atom. The SMILES string of the molecule is COc1ccc(/C=C/C(=O)NCC(=O)N(C)C)cc1S(=O)(=O)N1CCOCC1. The van der Waals surface area contributed by atoms with E-state index in [1.807, 2.05) is 0 Å². The van der Waals surface area contributed by atoms with E-state index >= 15 is 0 Å². The molecule has 1 fully saturated rings. The second kappa shape index (κ2) is 9.67. The molecule has 28 heavy (non-hydrogen) atoms. The Hall–Kier alpha value is -2.43. The lowest BCUT2D eigenvalue weighted by Gasteiger charge is -2.26. The summed E-state index contributed by atoms with van der Waals surface area (Å²) in [5.41, 5.74) is 0.515. The summed E-state index contributed by atoms with van der Waals surface area (Å²) >= 11 is 0. The van der Waals surface area contributed by atoms with Gasteiger partial charge in [0.1, 0.15) is 10.6 Å². The van der Waals surface area contributed by atoms with E-state index in [0.717, 1.165) is 0 Å². The second-order valence-corrected chi connectivity index (χ2v) is 8.17. The van der Waals surface area contributed by atoms with Crippen molar-refractivity contribution >= 4 is 27.9 Å². The molecular formula is C18H25N3O6S. The fourth-order valence-corrected chi connectivity index (χ4v) is 4.07. The largest absolute Gasteiger partial charge is 0.495 e. The Balaban J connectivity index is 2.17. The minimum atomic E-state index is -3.75. The molecule has 0 spiro atoms. The van der Waals surface area contributed by atoms with E-state index in [9.17, 15) is 18.0 Å². The molecule has 154 valence electrons. The number of methoxy groups -OCH3 is 1. The van der Waals surface area contributed by atoms with Crippen LogP contribution in [0.25, 0.3) is 6.08 Å². The number of carbonyl (C=O) groups excluding carboxylic acids is 2. The van der Waals surface area contributed by atoms with E-state index in [1.165, 1.54) is 34.5 Å². The van der Waals surface area contributed by atoms with Crippen LogP contribution in [0.4, 0.5) is 0 Å². The normalized spacial score (nSPS) is 15.4. The van der Waals surface area contributed by atoms with E-state index in [2.05, 4.69) is 5.32 Å². The summed E-state index contributed by atoms with van der Waals surface area (Å²) in [6.07, 6.45) is 2.73. The number of sulfonamides is 1. The first kappa shape index (κ1) is 21.9. The number of hydrogen-bond donors (Lipinski definition) is 1. The van der Waals surface area contributed by atoms with Gasteiger partial charge in [0.25, 0.3) is 0 Å². The zero-order valence-electron chi connectivity index (χ0n) is 16.2. The topological polar surface area (TPSA) is 105 Å². The van der Waals surface area contributed by atoms with Crippen molar-refractivity contribution in [2.45, 2.75) is 4.90 Å². The summed E-state index contributed by atoms with van der Waals surface area (Å²) in [6, 6.07) is 4.64. The van der Waals surface area contributed by atoms with Gasteiger partial charge in [0.15, 0.2) is 0 Å². The van der Waals surface area contributed by atoms with E-state index < -0.39 is 15.9 Å². The van der Waals surface area contributed by atoms with Crippen LogP contribution in [0.1, 0.15) is 5.56 Å². The molecular weight excluding hydrogens is 386 g/mol. The van der Waals surface area contributed by atoms with Gasteiger partial charge in [0.05, 0.1) is 26.9 Å². The number of nitrogens with one attached hydrogen (secondary N) is 1. The Labute approximate surface area is 164 Å². The number of nitrogens with zero attached hydrogens (tertiary/aromatic N) is 2. The van der Waals surface area contributed by atoms with Crippen LogP contribution in [-0.2, 0) is 24.3 Å². The first-order chi connectivity index (χ1) is 13.3. The van der Waals surface area contributed by atoms with Gasteiger partial charge in [-0.1, -0.05) is 6.07 Å². The van der Waals surface area contributed by atoms with Crippen LogP contribution in [0.5, 0.6) is 5.75 Å². The van der Waals surface area contributed by atoms with Crippen molar-refractivity contribution in [1.82, 2.24) is 14.5 Å². The smallest absolute Gasteiger partial charge is 0.246 e. The molecule has 1 saturated heterocycles. The molecule has 2 rings (SSSR count). The van der Waals surface area contributed by atoms with Crippen LogP contribution < -0.4 is 10.1 Å². The van der Waals surface area contributed by atoms with Gasteiger partial charge < -0.3 is 19.7 Å². The summed E-state index contributed by atoms with van der Waals surface area (Å²) in [5.74, 6) is -0.460. The summed E-state index contributed by atoms with van der Waals surface area (Å²) in [6.45, 7) is 1.11. The molecule has 1 aromatic carbocycles. The van der Waals surface area contributed by atoms with Crippen molar-refractivity contribution in [1.29, 1.82) is 0 Å². The lowest BCUT2D eigenvalue weighted by atomic mass is 10.2. The number of ether oxygens (including phenoxy) is 2. The molecule has 1 aliphatic heterocycles. The third-order valence-corrected chi connectivity index (χ3v) is 6.04. The highest BCUT2D eigenvalue weighted by atomic mass is 32.2. The molecule has 0 bridgehead atoms. The highest BCUT2D eigenvalue weighted by Gasteiger charge is 2.29. The quantitative estimate of drug-likeness (QED) is 0.630. The Morgan fingerprint density at radius 2 is 1.96 bits per heavy atom. The number of benzene rings is 1. The molecule has 1 heterocycles. The maximum atomic E-state index is 12.9. The molecule has 10 heteroatoms. The third kappa shape index (κ3) is 5.54. The molecule has 1 N–H and O–H groups in total. The second-order valence-electron chi connectivity index (χ2n) is 6.27. The molecule has 1 aromatic rings. The molecule has 0 aliphatic carbocycles. The predicted molar refractivity (Wildman–Crippen MR) is 103 cm³/mol. The van der Waals surface area contributed by atoms with Crippen molar-refractivity contribution in [3.63, 3.8) is 0 Å². The third-order valence-electron chi connectivity index (χ3n) is 4.12. The predicted octanol–water partition coefficient (Wildman–Crippen LogP) is -0.0663. The molecule has 0 atom stereocenters. The zero-order chi connectivity index (χ0) is 20.7. The molecule has 0 aromatic heterocycles. The number of likely N-dealkylation sites (N-methyl/N-ethyl adjacent to an activating group) is 1. The van der Waals surface area contributed by atoms with Gasteiger partial charge in [-0.05, 0) is 23.8 Å². The fraction of sp³-hybridized carbons (Fsp3) is 0.444. The van der Waals surface area contributed by atoms with Crippen LogP contribution in [0.15, 0.2) is 29.2 Å². The summed E-state index contributed by atoms with van der Waals surface area (Å²) in [5, 5.41) is 2.47. The molecule has 1 aliphatic rings. The van der Waals surface area contributed by atoms with Crippen LogP contribution in [0, 0.1) is 0 Å². The lowest BCUT2D eigenvalue weighted by Crippen LogP contribution is -2.40. The van der Waals surface area contributed by atoms with Gasteiger partial charge in [-0.25, -0.2) is 8.42 Å². The fourth-order valence-electron chi connectivity index (χ4n) is 2.48. The summed E-state index contributed by atoms with van der Waals surface area (Å²) in [4.78, 5) is 24.8. The zero-order valence-corrected chi connectivity index (χ0v) is 17.0. The van der Waals surface area contributed by atoms with Gasteiger partial charge in [-0.3, -0.25) is 9.59 Å². The molecule has 0 unspecified atom stereocenters. The van der Waals surface area contributed by atoms with Crippen LogP contribution in [0.2, 0.25) is 0 Å². The van der Waals surface area contributed by atoms with Gasteiger partial charge in [-0.2, -0.15) is 4.31 Å². The Kier molecular flexibility index (Phi) is 7.55.